The zero-order valence-corrected chi connectivity index (χ0v) is 6.07. The maximum absolute atomic E-state index is 10.2. The van der Waals surface area contributed by atoms with Crippen molar-refractivity contribution in [2.75, 3.05) is 12.4 Å². The molecule has 0 spiro atoms. The molecule has 0 aliphatic carbocycles. The average molecular weight is 154 g/mol. The lowest BCUT2D eigenvalue weighted by Crippen LogP contribution is -1.89. The van der Waals surface area contributed by atoms with Gasteiger partial charge in [0.25, 0.3) is 5.69 Å². The summed E-state index contributed by atoms with van der Waals surface area (Å²) in [6.45, 7) is 0. The van der Waals surface area contributed by atoms with Gasteiger partial charge in [0.05, 0.1) is 4.92 Å². The van der Waals surface area contributed by atoms with Gasteiger partial charge in [0, 0.05) is 26.3 Å². The van der Waals surface area contributed by atoms with Crippen molar-refractivity contribution in [3.8, 4) is 0 Å². The van der Waals surface area contributed by atoms with Gasteiger partial charge in [-0.15, -0.1) is 0 Å². The van der Waals surface area contributed by atoms with Gasteiger partial charge >= 0.3 is 0 Å². The monoisotopic (exact) mass is 154 g/mol. The van der Waals surface area contributed by atoms with Gasteiger partial charge in [-0.1, -0.05) is 0 Å². The molecule has 0 radical (unpaired) electrons. The maximum Gasteiger partial charge on any atom is 0.269 e. The molecule has 60 valence electrons. The van der Waals surface area contributed by atoms with Crippen LogP contribution in [0.2, 0.25) is 0 Å². The molecule has 0 fully saturated rings. The molecular formula is C7H10N2O2. The third-order valence-electron chi connectivity index (χ3n) is 1.37. The average Bonchev–Trinajstić information content (AvgIpc) is 2.05. The van der Waals surface area contributed by atoms with Gasteiger partial charge in [0.1, 0.15) is 0 Å². The van der Waals surface area contributed by atoms with Gasteiger partial charge in [-0.25, -0.2) is 0 Å². The number of rotatable bonds is 2. The van der Waals surface area contributed by atoms with Crippen LogP contribution < -0.4 is 5.32 Å². The van der Waals surface area contributed by atoms with Gasteiger partial charge < -0.3 is 5.32 Å². The van der Waals surface area contributed by atoms with Gasteiger partial charge in [0.15, 0.2) is 0 Å². The Labute approximate surface area is 65.5 Å². The Balaban J connectivity index is 0.00000121. The molecule has 1 N–H and O–H groups in total. The minimum atomic E-state index is -0.417. The van der Waals surface area contributed by atoms with Gasteiger partial charge in [-0.3, -0.25) is 10.1 Å². The van der Waals surface area contributed by atoms with E-state index in [2.05, 4.69) is 5.32 Å². The Kier molecular flexibility index (Phi) is 2.06. The molecule has 0 saturated carbocycles. The highest BCUT2D eigenvalue weighted by molar-refractivity contribution is 5.47. The van der Waals surface area contributed by atoms with E-state index in [-0.39, 0.29) is 7.11 Å². The highest BCUT2D eigenvalue weighted by Gasteiger charge is 2.01. The van der Waals surface area contributed by atoms with Crippen LogP contribution in [0.5, 0.6) is 0 Å². The van der Waals surface area contributed by atoms with Crippen LogP contribution in [0.25, 0.3) is 0 Å². The molecule has 0 saturated heterocycles. The summed E-state index contributed by atoms with van der Waals surface area (Å²) in [7, 11) is 1.77. The summed E-state index contributed by atoms with van der Waals surface area (Å²) < 4.78 is 0. The first kappa shape index (κ1) is 7.53. The minimum absolute atomic E-state index is 0. The van der Waals surface area contributed by atoms with E-state index in [0.717, 1.165) is 5.69 Å². The van der Waals surface area contributed by atoms with Crippen LogP contribution in [0.3, 0.4) is 0 Å². The fourth-order valence-corrected chi connectivity index (χ4v) is 0.750. The zero-order valence-electron chi connectivity index (χ0n) is 6.07. The molecule has 0 aliphatic heterocycles. The lowest BCUT2D eigenvalue weighted by atomic mass is 10.3. The molecule has 0 aliphatic rings. The number of nitro benzene ring substituents is 1. The van der Waals surface area contributed by atoms with Crippen molar-refractivity contribution in [2.24, 2.45) is 0 Å². The van der Waals surface area contributed by atoms with Crippen LogP contribution in [0.1, 0.15) is 1.43 Å². The van der Waals surface area contributed by atoms with Crippen molar-refractivity contribution in [1.29, 1.82) is 0 Å². The van der Waals surface area contributed by atoms with Gasteiger partial charge in [-0.05, 0) is 12.1 Å². The van der Waals surface area contributed by atoms with E-state index < -0.39 is 4.92 Å². The van der Waals surface area contributed by atoms with E-state index in [1.54, 1.807) is 19.2 Å². The molecule has 1 aromatic carbocycles. The van der Waals surface area contributed by atoms with Crippen molar-refractivity contribution in [1.82, 2.24) is 0 Å². The van der Waals surface area contributed by atoms with Crippen molar-refractivity contribution in [3.05, 3.63) is 34.4 Å². The third-order valence-corrected chi connectivity index (χ3v) is 1.37. The minimum Gasteiger partial charge on any atom is -0.388 e. The van der Waals surface area contributed by atoms with Gasteiger partial charge in [0.2, 0.25) is 0 Å². The fraction of sp³-hybridized carbons (Fsp3) is 0.143. The molecule has 4 nitrogen and oxygen atoms in total. The largest absolute Gasteiger partial charge is 0.388 e. The number of nitrogens with one attached hydrogen (secondary N) is 1. The van der Waals surface area contributed by atoms with E-state index in [4.69, 9.17) is 0 Å². The molecule has 0 bridgehead atoms. The lowest BCUT2D eigenvalue weighted by molar-refractivity contribution is -0.384. The number of benzene rings is 1. The van der Waals surface area contributed by atoms with E-state index in [1.165, 1.54) is 12.1 Å². The Bertz CT molecular complexity index is 261. The maximum atomic E-state index is 10.2. The summed E-state index contributed by atoms with van der Waals surface area (Å²) in [6, 6.07) is 6.26. The molecule has 11 heavy (non-hydrogen) atoms. The van der Waals surface area contributed by atoms with Crippen molar-refractivity contribution >= 4 is 11.4 Å². The normalized spacial score (nSPS) is 9.18. The Morgan fingerprint density at radius 1 is 1.45 bits per heavy atom. The summed E-state index contributed by atoms with van der Waals surface area (Å²) in [5.41, 5.74) is 0.986. The number of nitro groups is 1. The van der Waals surface area contributed by atoms with Crippen LogP contribution >= 0.6 is 0 Å². The summed E-state index contributed by atoms with van der Waals surface area (Å²) in [6.07, 6.45) is 0. The van der Waals surface area contributed by atoms with Crippen LogP contribution in [0, 0.1) is 10.1 Å². The molecule has 0 unspecified atom stereocenters. The summed E-state index contributed by atoms with van der Waals surface area (Å²) in [4.78, 5) is 9.77. The van der Waals surface area contributed by atoms with E-state index in [9.17, 15) is 10.1 Å². The second-order valence-electron chi connectivity index (χ2n) is 2.05. The van der Waals surface area contributed by atoms with Crippen LogP contribution in [-0.2, 0) is 0 Å². The molecule has 1 rings (SSSR count). The first-order valence-corrected chi connectivity index (χ1v) is 3.16. The van der Waals surface area contributed by atoms with Gasteiger partial charge in [-0.2, -0.15) is 0 Å². The quantitative estimate of drug-likeness (QED) is 0.522. The predicted octanol–water partition coefficient (Wildman–Crippen LogP) is 1.88. The molecule has 0 atom stereocenters. The van der Waals surface area contributed by atoms with Crippen LogP contribution in [-0.4, -0.2) is 12.0 Å². The smallest absolute Gasteiger partial charge is 0.269 e. The number of hydrogen-bond acceptors (Lipinski definition) is 3. The lowest BCUT2D eigenvalue weighted by Gasteiger charge is -1.96. The van der Waals surface area contributed by atoms with E-state index in [0.29, 0.717) is 0 Å². The Morgan fingerprint density at radius 3 is 2.36 bits per heavy atom. The highest BCUT2D eigenvalue weighted by Crippen LogP contribution is 2.14. The molecule has 0 aromatic heterocycles. The van der Waals surface area contributed by atoms with Crippen LogP contribution in [0.4, 0.5) is 11.4 Å². The standard InChI is InChI=1S/C7H8N2O2.H2/c1-8-6-2-4-7(5-3-6)9(10)11;/h2-5,8H,1H3;1H. The number of nitrogens with zero attached hydrogens (tertiary/aromatic N) is 1. The molecule has 4 heteroatoms. The second-order valence-corrected chi connectivity index (χ2v) is 2.05. The van der Waals surface area contributed by atoms with Crippen molar-refractivity contribution < 1.29 is 6.35 Å². The van der Waals surface area contributed by atoms with Crippen LogP contribution in [0.15, 0.2) is 24.3 Å². The Hall–Kier alpha value is -1.58. The summed E-state index contributed by atoms with van der Waals surface area (Å²) in [5, 5.41) is 13.1. The summed E-state index contributed by atoms with van der Waals surface area (Å²) in [5.74, 6) is 0. The predicted molar refractivity (Wildman–Crippen MR) is 44.8 cm³/mol. The summed E-state index contributed by atoms with van der Waals surface area (Å²) >= 11 is 0. The number of non-ortho nitro benzene ring substituents is 1. The second kappa shape index (κ2) is 3.01. The van der Waals surface area contributed by atoms with Crippen molar-refractivity contribution in [3.63, 3.8) is 0 Å². The zero-order chi connectivity index (χ0) is 8.27. The first-order valence-electron chi connectivity index (χ1n) is 3.16. The Morgan fingerprint density at radius 2 is 2.00 bits per heavy atom. The third kappa shape index (κ3) is 1.67. The van der Waals surface area contributed by atoms with Crippen molar-refractivity contribution in [2.45, 2.75) is 0 Å². The molecule has 0 amide bonds. The fourth-order valence-electron chi connectivity index (χ4n) is 0.750. The first-order chi connectivity index (χ1) is 5.24. The van der Waals surface area contributed by atoms with E-state index >= 15 is 0 Å². The molecular weight excluding hydrogens is 144 g/mol. The highest BCUT2D eigenvalue weighted by atomic mass is 16.6. The molecule has 1 aromatic rings. The SMILES string of the molecule is CNc1ccc([N+](=O)[O-])cc1.[HH]. The number of anilines is 1. The van der Waals surface area contributed by atoms with E-state index in [1.807, 2.05) is 0 Å². The topological polar surface area (TPSA) is 55.2 Å². The number of hydrogen-bond donors (Lipinski definition) is 1. The molecule has 0 heterocycles.